The minimum Gasteiger partial charge on any atom is -0.341 e. The Balaban J connectivity index is 1.31. The summed E-state index contributed by atoms with van der Waals surface area (Å²) in [5.41, 5.74) is 3.12. The third-order valence-electron chi connectivity index (χ3n) is 5.86. The van der Waals surface area contributed by atoms with Gasteiger partial charge < -0.3 is 9.88 Å². The van der Waals surface area contributed by atoms with Crippen molar-refractivity contribution < 1.29 is 9.59 Å². The molecule has 1 saturated carbocycles. The molecule has 33 heavy (non-hydrogen) atoms. The molecule has 1 aliphatic rings. The molecule has 7 nitrogen and oxygen atoms in total. The first-order valence-electron chi connectivity index (χ1n) is 11.1. The lowest BCUT2D eigenvalue weighted by atomic mass is 10.1. The van der Waals surface area contributed by atoms with E-state index in [2.05, 4.69) is 45.2 Å². The third kappa shape index (κ3) is 4.22. The standard InChI is InChI=1S/C24H25N5O2S2/c1-4-28-20-8-6-5-7-18(20)19-13-16(9-12-21(19)28)25-22(31)14(2)32-24-27-26-23(33-24)29(15(3)30)17-10-11-17/h5-9,12-14,17H,4,10-11H2,1-3H3,(H,25,31). The lowest BCUT2D eigenvalue weighted by molar-refractivity contribution is -0.117. The molecule has 1 aliphatic carbocycles. The van der Waals surface area contributed by atoms with Gasteiger partial charge >= 0.3 is 0 Å². The molecular formula is C24H25N5O2S2. The van der Waals surface area contributed by atoms with Crippen LogP contribution in [0.3, 0.4) is 0 Å². The molecule has 2 heterocycles. The molecule has 1 atom stereocenters. The number of aromatic nitrogens is 3. The molecule has 170 valence electrons. The van der Waals surface area contributed by atoms with E-state index in [1.165, 1.54) is 34.0 Å². The third-order valence-corrected chi connectivity index (χ3v) is 7.96. The van der Waals surface area contributed by atoms with Gasteiger partial charge in [0.2, 0.25) is 16.9 Å². The van der Waals surface area contributed by atoms with Crippen LogP contribution in [0.2, 0.25) is 0 Å². The molecule has 5 rings (SSSR count). The fourth-order valence-corrected chi connectivity index (χ4v) is 6.25. The van der Waals surface area contributed by atoms with Crippen molar-refractivity contribution in [1.82, 2.24) is 14.8 Å². The second-order valence-electron chi connectivity index (χ2n) is 8.21. The average Bonchev–Trinajstić information content (AvgIpc) is 3.44. The number of hydrogen-bond acceptors (Lipinski definition) is 6. The molecule has 0 saturated heterocycles. The molecule has 0 bridgehead atoms. The van der Waals surface area contributed by atoms with Crippen LogP contribution in [0.5, 0.6) is 0 Å². The second-order valence-corrected chi connectivity index (χ2v) is 10.8. The highest BCUT2D eigenvalue weighted by Gasteiger charge is 2.34. The van der Waals surface area contributed by atoms with Crippen LogP contribution in [0.4, 0.5) is 10.8 Å². The van der Waals surface area contributed by atoms with Gasteiger partial charge in [-0.15, -0.1) is 10.2 Å². The Kier molecular flexibility index (Phi) is 5.84. The van der Waals surface area contributed by atoms with E-state index in [1.54, 1.807) is 11.8 Å². The van der Waals surface area contributed by atoms with Crippen LogP contribution in [0, 0.1) is 0 Å². The summed E-state index contributed by atoms with van der Waals surface area (Å²) >= 11 is 2.72. The van der Waals surface area contributed by atoms with Crippen molar-refractivity contribution in [2.75, 3.05) is 10.2 Å². The minimum atomic E-state index is -0.356. The van der Waals surface area contributed by atoms with Crippen molar-refractivity contribution in [2.45, 2.75) is 55.8 Å². The van der Waals surface area contributed by atoms with Crippen molar-refractivity contribution >= 4 is 67.5 Å². The number of hydrogen-bond donors (Lipinski definition) is 1. The number of aryl methyl sites for hydroxylation is 1. The SMILES string of the molecule is CCn1c2ccccc2c2cc(NC(=O)C(C)Sc3nnc(N(C(C)=O)C4CC4)s3)ccc21. The summed E-state index contributed by atoms with van der Waals surface area (Å²) in [6.45, 7) is 6.43. The van der Waals surface area contributed by atoms with Gasteiger partial charge in [-0.1, -0.05) is 41.3 Å². The molecule has 9 heteroatoms. The summed E-state index contributed by atoms with van der Waals surface area (Å²) < 4.78 is 2.97. The summed E-state index contributed by atoms with van der Waals surface area (Å²) in [6, 6.07) is 14.6. The van der Waals surface area contributed by atoms with Gasteiger partial charge in [0.15, 0.2) is 4.34 Å². The van der Waals surface area contributed by atoms with E-state index in [0.29, 0.717) is 9.47 Å². The quantitative estimate of drug-likeness (QED) is 0.287. The van der Waals surface area contributed by atoms with Gasteiger partial charge in [-0.2, -0.15) is 0 Å². The highest BCUT2D eigenvalue weighted by atomic mass is 32.2. The normalized spacial score (nSPS) is 14.5. The number of anilines is 2. The molecule has 2 amide bonds. The average molecular weight is 480 g/mol. The van der Waals surface area contributed by atoms with Crippen LogP contribution in [0.1, 0.15) is 33.6 Å². The lowest BCUT2D eigenvalue weighted by Crippen LogP contribution is -2.30. The largest absolute Gasteiger partial charge is 0.341 e. The van der Waals surface area contributed by atoms with Crippen molar-refractivity contribution in [1.29, 1.82) is 0 Å². The number of nitrogens with zero attached hydrogens (tertiary/aromatic N) is 4. The van der Waals surface area contributed by atoms with Crippen molar-refractivity contribution in [2.24, 2.45) is 0 Å². The Hall–Kier alpha value is -2.91. The zero-order valence-corrected chi connectivity index (χ0v) is 20.4. The highest BCUT2D eigenvalue weighted by molar-refractivity contribution is 8.02. The summed E-state index contributed by atoms with van der Waals surface area (Å²) in [5, 5.41) is 14.0. The van der Waals surface area contributed by atoms with Gasteiger partial charge in [-0.05, 0) is 51.0 Å². The monoisotopic (exact) mass is 479 g/mol. The maximum absolute atomic E-state index is 12.9. The smallest absolute Gasteiger partial charge is 0.237 e. The van der Waals surface area contributed by atoms with Crippen LogP contribution >= 0.6 is 23.1 Å². The van der Waals surface area contributed by atoms with Crippen LogP contribution < -0.4 is 10.2 Å². The number of amides is 2. The Morgan fingerprint density at radius 2 is 1.94 bits per heavy atom. The Bertz CT molecular complexity index is 1360. The van der Waals surface area contributed by atoms with Gasteiger partial charge in [-0.3, -0.25) is 14.5 Å². The van der Waals surface area contributed by atoms with E-state index >= 15 is 0 Å². The molecule has 0 aliphatic heterocycles. The zero-order chi connectivity index (χ0) is 23.1. The number of benzene rings is 2. The van der Waals surface area contributed by atoms with E-state index in [9.17, 15) is 9.59 Å². The van der Waals surface area contributed by atoms with E-state index in [0.717, 1.165) is 36.0 Å². The molecule has 2 aromatic heterocycles. The lowest BCUT2D eigenvalue weighted by Gasteiger charge is -2.15. The summed E-state index contributed by atoms with van der Waals surface area (Å²) in [7, 11) is 0. The van der Waals surface area contributed by atoms with Gasteiger partial charge in [0.05, 0.1) is 5.25 Å². The van der Waals surface area contributed by atoms with E-state index < -0.39 is 0 Å². The number of rotatable bonds is 7. The van der Waals surface area contributed by atoms with Crippen molar-refractivity contribution in [3.63, 3.8) is 0 Å². The van der Waals surface area contributed by atoms with Gasteiger partial charge in [0, 0.05) is 47.0 Å². The Labute approximate surface area is 200 Å². The molecular weight excluding hydrogens is 454 g/mol. The van der Waals surface area contributed by atoms with Crippen LogP contribution in [-0.2, 0) is 16.1 Å². The van der Waals surface area contributed by atoms with E-state index in [-0.39, 0.29) is 23.1 Å². The summed E-state index contributed by atoms with van der Waals surface area (Å²) in [6.07, 6.45) is 2.00. The number of carbonyl (C=O) groups is 2. The molecule has 1 unspecified atom stereocenters. The molecule has 2 aromatic carbocycles. The van der Waals surface area contributed by atoms with Gasteiger partial charge in [0.25, 0.3) is 0 Å². The number of thioether (sulfide) groups is 1. The maximum atomic E-state index is 12.9. The van der Waals surface area contributed by atoms with Crippen LogP contribution in [0.25, 0.3) is 21.8 Å². The molecule has 4 aromatic rings. The first-order valence-corrected chi connectivity index (χ1v) is 12.8. The minimum absolute atomic E-state index is 0.0178. The second kappa shape index (κ2) is 8.79. The first-order chi connectivity index (χ1) is 16.0. The Morgan fingerprint density at radius 1 is 1.18 bits per heavy atom. The summed E-state index contributed by atoms with van der Waals surface area (Å²) in [4.78, 5) is 26.6. The number of fused-ring (bicyclic) bond motifs is 3. The fraction of sp³-hybridized carbons (Fsp3) is 0.333. The Morgan fingerprint density at radius 3 is 2.67 bits per heavy atom. The van der Waals surface area contributed by atoms with E-state index in [1.807, 2.05) is 31.2 Å². The van der Waals surface area contributed by atoms with Crippen LogP contribution in [0.15, 0.2) is 46.8 Å². The number of para-hydroxylation sites is 1. The fourth-order valence-electron chi connectivity index (χ4n) is 4.15. The first kappa shape index (κ1) is 21.9. The molecule has 1 fully saturated rings. The highest BCUT2D eigenvalue weighted by Crippen LogP contribution is 2.37. The van der Waals surface area contributed by atoms with E-state index in [4.69, 9.17) is 0 Å². The van der Waals surface area contributed by atoms with Crippen molar-refractivity contribution in [3.8, 4) is 0 Å². The van der Waals surface area contributed by atoms with Crippen LogP contribution in [-0.4, -0.2) is 37.9 Å². The number of nitrogens with one attached hydrogen (secondary N) is 1. The van der Waals surface area contributed by atoms with Gasteiger partial charge in [-0.25, -0.2) is 0 Å². The molecule has 0 spiro atoms. The van der Waals surface area contributed by atoms with Gasteiger partial charge in [0.1, 0.15) is 0 Å². The molecule has 1 N–H and O–H groups in total. The number of carbonyl (C=O) groups excluding carboxylic acids is 2. The predicted octanol–water partition coefficient (Wildman–Crippen LogP) is 5.30. The molecule has 0 radical (unpaired) electrons. The topological polar surface area (TPSA) is 80.1 Å². The summed E-state index contributed by atoms with van der Waals surface area (Å²) in [5.74, 6) is -0.114. The predicted molar refractivity (Wildman–Crippen MR) is 135 cm³/mol. The zero-order valence-electron chi connectivity index (χ0n) is 18.7. The maximum Gasteiger partial charge on any atom is 0.237 e. The van der Waals surface area contributed by atoms with Crippen molar-refractivity contribution in [3.05, 3.63) is 42.5 Å².